The highest BCUT2D eigenvalue weighted by Crippen LogP contribution is 1.97. The highest BCUT2D eigenvalue weighted by Gasteiger charge is 2.21. The maximum atomic E-state index is 12.0. The van der Waals surface area contributed by atoms with Crippen molar-refractivity contribution in [2.45, 2.75) is 25.9 Å². The van der Waals surface area contributed by atoms with Gasteiger partial charge in [0, 0.05) is 18.0 Å². The number of aromatic nitrogens is 1. The van der Waals surface area contributed by atoms with Gasteiger partial charge in [0.2, 0.25) is 17.7 Å². The summed E-state index contributed by atoms with van der Waals surface area (Å²) in [5.74, 6) is -2.20. The minimum atomic E-state index is -0.873. The Balaban J connectivity index is 2.48. The second kappa shape index (κ2) is 8.47. The van der Waals surface area contributed by atoms with E-state index >= 15 is 0 Å². The van der Waals surface area contributed by atoms with Crippen LogP contribution < -0.4 is 21.7 Å². The molecule has 1 rings (SSSR count). The molecule has 1 heterocycles. The van der Waals surface area contributed by atoms with E-state index in [9.17, 15) is 19.2 Å². The molecular weight excluding hydrogens is 302 g/mol. The molecule has 0 aliphatic heterocycles. The van der Waals surface area contributed by atoms with Crippen LogP contribution >= 0.6 is 0 Å². The fourth-order valence-corrected chi connectivity index (χ4v) is 1.58. The molecule has 0 fully saturated rings. The number of amides is 4. The number of nitrogens with zero attached hydrogens (tertiary/aromatic N) is 1. The van der Waals surface area contributed by atoms with Gasteiger partial charge < -0.3 is 21.7 Å². The summed E-state index contributed by atoms with van der Waals surface area (Å²) >= 11 is 0. The first-order valence-electron chi connectivity index (χ1n) is 6.88. The Labute approximate surface area is 133 Å². The summed E-state index contributed by atoms with van der Waals surface area (Å²) in [5.41, 5.74) is 5.28. The van der Waals surface area contributed by atoms with Gasteiger partial charge in [-0.1, -0.05) is 0 Å². The lowest BCUT2D eigenvalue weighted by Gasteiger charge is -2.18. The maximum absolute atomic E-state index is 12.0. The third-order valence-electron chi connectivity index (χ3n) is 2.87. The smallest absolute Gasteiger partial charge is 0.252 e. The van der Waals surface area contributed by atoms with Gasteiger partial charge in [-0.05, 0) is 26.0 Å². The highest BCUT2D eigenvalue weighted by molar-refractivity contribution is 5.98. The first-order chi connectivity index (χ1) is 10.8. The van der Waals surface area contributed by atoms with Crippen molar-refractivity contribution in [2.24, 2.45) is 5.73 Å². The number of rotatable bonds is 7. The van der Waals surface area contributed by atoms with Crippen LogP contribution in [0.5, 0.6) is 0 Å². The van der Waals surface area contributed by atoms with Gasteiger partial charge in [0.25, 0.3) is 5.91 Å². The Hall–Kier alpha value is -2.97. The number of nitrogens with two attached hydrogens (primary N) is 1. The summed E-state index contributed by atoms with van der Waals surface area (Å²) in [6.07, 6.45) is 2.93. The monoisotopic (exact) mass is 321 g/mol. The lowest BCUT2D eigenvalue weighted by Crippen LogP contribution is -2.52. The van der Waals surface area contributed by atoms with Crippen LogP contribution in [0, 0.1) is 0 Å². The van der Waals surface area contributed by atoms with Gasteiger partial charge in [0.15, 0.2) is 0 Å². The van der Waals surface area contributed by atoms with Crippen molar-refractivity contribution in [1.82, 2.24) is 20.9 Å². The van der Waals surface area contributed by atoms with Crippen LogP contribution in [-0.2, 0) is 14.4 Å². The summed E-state index contributed by atoms with van der Waals surface area (Å²) in [5, 5.41) is 7.21. The van der Waals surface area contributed by atoms with Crippen LogP contribution in [0.15, 0.2) is 24.5 Å². The van der Waals surface area contributed by atoms with Gasteiger partial charge in [-0.3, -0.25) is 24.2 Å². The van der Waals surface area contributed by atoms with E-state index in [1.54, 1.807) is 0 Å². The van der Waals surface area contributed by atoms with Gasteiger partial charge in [-0.15, -0.1) is 0 Å². The number of pyridine rings is 1. The Morgan fingerprint density at radius 2 is 1.61 bits per heavy atom. The van der Waals surface area contributed by atoms with Crippen molar-refractivity contribution in [3.05, 3.63) is 30.1 Å². The Kier molecular flexibility index (Phi) is 6.66. The molecule has 0 aliphatic rings. The molecule has 0 aliphatic carbocycles. The SMILES string of the molecule is C[C@H](NC(=O)c1ccncc1)C(=O)N[C@@H](C)C(=O)NCC(N)=O. The lowest BCUT2D eigenvalue weighted by atomic mass is 10.2. The third kappa shape index (κ3) is 6.12. The molecule has 0 spiro atoms. The van der Waals surface area contributed by atoms with Crippen molar-refractivity contribution in [3.63, 3.8) is 0 Å². The highest BCUT2D eigenvalue weighted by atomic mass is 16.2. The average molecular weight is 321 g/mol. The van der Waals surface area contributed by atoms with E-state index in [0.717, 1.165) is 0 Å². The normalized spacial score (nSPS) is 12.6. The van der Waals surface area contributed by atoms with E-state index in [2.05, 4.69) is 20.9 Å². The molecule has 1 aromatic rings. The molecule has 5 N–H and O–H groups in total. The van der Waals surface area contributed by atoms with Crippen LogP contribution in [-0.4, -0.2) is 47.2 Å². The van der Waals surface area contributed by atoms with Crippen LogP contribution in [0.25, 0.3) is 0 Å². The minimum absolute atomic E-state index is 0.312. The standard InChI is InChI=1S/C14H19N5O4/c1-8(12(21)17-7-11(15)20)18-13(22)9(2)19-14(23)10-3-5-16-6-4-10/h3-6,8-9H,7H2,1-2H3,(H2,15,20)(H,17,21)(H,18,22)(H,19,23)/t8-,9-/m0/s1. The molecule has 23 heavy (non-hydrogen) atoms. The van der Waals surface area contributed by atoms with Crippen LogP contribution in [0.2, 0.25) is 0 Å². The summed E-state index contributed by atoms with van der Waals surface area (Å²) < 4.78 is 0. The summed E-state index contributed by atoms with van der Waals surface area (Å²) in [4.78, 5) is 49.9. The zero-order chi connectivity index (χ0) is 17.4. The van der Waals surface area contributed by atoms with Gasteiger partial charge in [0.05, 0.1) is 6.54 Å². The van der Waals surface area contributed by atoms with E-state index < -0.39 is 35.7 Å². The maximum Gasteiger partial charge on any atom is 0.252 e. The molecule has 0 unspecified atom stereocenters. The van der Waals surface area contributed by atoms with Crippen molar-refractivity contribution in [1.29, 1.82) is 0 Å². The second-order valence-corrected chi connectivity index (χ2v) is 4.85. The fraction of sp³-hybridized carbons (Fsp3) is 0.357. The van der Waals surface area contributed by atoms with Crippen molar-refractivity contribution >= 4 is 23.6 Å². The van der Waals surface area contributed by atoms with E-state index in [1.165, 1.54) is 38.4 Å². The van der Waals surface area contributed by atoms with Gasteiger partial charge in [0.1, 0.15) is 12.1 Å². The van der Waals surface area contributed by atoms with Crippen molar-refractivity contribution in [3.8, 4) is 0 Å². The molecule has 124 valence electrons. The molecule has 2 atom stereocenters. The average Bonchev–Trinajstić information content (AvgIpc) is 2.52. The van der Waals surface area contributed by atoms with Crippen molar-refractivity contribution in [2.75, 3.05) is 6.54 Å². The molecule has 0 radical (unpaired) electrons. The Morgan fingerprint density at radius 3 is 2.17 bits per heavy atom. The lowest BCUT2D eigenvalue weighted by molar-refractivity contribution is -0.130. The zero-order valence-corrected chi connectivity index (χ0v) is 12.8. The molecule has 0 saturated heterocycles. The minimum Gasteiger partial charge on any atom is -0.368 e. The summed E-state index contributed by atoms with van der Waals surface area (Å²) in [6, 6.07) is 1.31. The molecule has 0 bridgehead atoms. The molecule has 0 saturated carbocycles. The Bertz CT molecular complexity index is 590. The topological polar surface area (TPSA) is 143 Å². The Morgan fingerprint density at radius 1 is 1.04 bits per heavy atom. The molecule has 1 aromatic heterocycles. The van der Waals surface area contributed by atoms with Crippen LogP contribution in [0.3, 0.4) is 0 Å². The summed E-state index contributed by atoms with van der Waals surface area (Å²) in [7, 11) is 0. The van der Waals surface area contributed by atoms with E-state index in [0.29, 0.717) is 5.56 Å². The van der Waals surface area contributed by atoms with E-state index in [-0.39, 0.29) is 6.54 Å². The van der Waals surface area contributed by atoms with Crippen LogP contribution in [0.4, 0.5) is 0 Å². The predicted octanol–water partition coefficient (Wildman–Crippen LogP) is -1.69. The molecule has 0 aromatic carbocycles. The fourth-order valence-electron chi connectivity index (χ4n) is 1.58. The van der Waals surface area contributed by atoms with E-state index in [4.69, 9.17) is 5.73 Å². The third-order valence-corrected chi connectivity index (χ3v) is 2.87. The molecule has 4 amide bonds. The summed E-state index contributed by atoms with van der Waals surface area (Å²) in [6.45, 7) is 2.63. The number of primary amides is 1. The number of carbonyl (C=O) groups excluding carboxylic acids is 4. The van der Waals surface area contributed by atoms with Gasteiger partial charge in [-0.2, -0.15) is 0 Å². The first kappa shape index (κ1) is 18.1. The molecule has 9 nitrogen and oxygen atoms in total. The van der Waals surface area contributed by atoms with Crippen LogP contribution in [0.1, 0.15) is 24.2 Å². The largest absolute Gasteiger partial charge is 0.368 e. The number of hydrogen-bond donors (Lipinski definition) is 4. The first-order valence-corrected chi connectivity index (χ1v) is 6.88. The number of nitrogens with one attached hydrogen (secondary N) is 3. The number of carbonyl (C=O) groups is 4. The quantitative estimate of drug-likeness (QED) is 0.473. The van der Waals surface area contributed by atoms with E-state index in [1.807, 2.05) is 0 Å². The van der Waals surface area contributed by atoms with Gasteiger partial charge in [-0.25, -0.2) is 0 Å². The number of hydrogen-bond acceptors (Lipinski definition) is 5. The molecular formula is C14H19N5O4. The van der Waals surface area contributed by atoms with Crippen molar-refractivity contribution < 1.29 is 19.2 Å². The molecule has 9 heteroatoms. The zero-order valence-electron chi connectivity index (χ0n) is 12.8. The van der Waals surface area contributed by atoms with Gasteiger partial charge >= 0.3 is 0 Å². The predicted molar refractivity (Wildman–Crippen MR) is 81.0 cm³/mol. The second-order valence-electron chi connectivity index (χ2n) is 4.85.